The van der Waals surface area contributed by atoms with Crippen LogP contribution in [-0.4, -0.2) is 16.9 Å². The average molecular weight is 221 g/mol. The third-order valence-corrected chi connectivity index (χ3v) is 2.25. The van der Waals surface area contributed by atoms with Crippen LogP contribution in [0.4, 0.5) is 0 Å². The number of nitrogens with zero attached hydrogens (tertiary/aromatic N) is 1. The summed E-state index contributed by atoms with van der Waals surface area (Å²) in [4.78, 5) is 15.6. The number of hydrogen-bond donors (Lipinski definition) is 2. The van der Waals surface area contributed by atoms with Crippen molar-refractivity contribution in [2.24, 2.45) is 11.7 Å². The van der Waals surface area contributed by atoms with Crippen LogP contribution in [0.2, 0.25) is 0 Å². The molecule has 0 aromatic carbocycles. The molecule has 88 valence electrons. The molecule has 1 heterocycles. The minimum absolute atomic E-state index is 0.0995. The third-order valence-electron chi connectivity index (χ3n) is 2.25. The minimum Gasteiger partial charge on any atom is -0.351 e. The van der Waals surface area contributed by atoms with Crippen LogP contribution >= 0.6 is 0 Å². The first-order valence-electron chi connectivity index (χ1n) is 5.51. The monoisotopic (exact) mass is 221 g/mol. The van der Waals surface area contributed by atoms with E-state index in [4.69, 9.17) is 5.73 Å². The summed E-state index contributed by atoms with van der Waals surface area (Å²) in [5.74, 6) is 0.330. The van der Waals surface area contributed by atoms with Crippen LogP contribution in [0.25, 0.3) is 0 Å². The summed E-state index contributed by atoms with van der Waals surface area (Å²) in [6.45, 7) is 4.58. The smallest absolute Gasteiger partial charge is 0.237 e. The van der Waals surface area contributed by atoms with Crippen molar-refractivity contribution in [1.82, 2.24) is 10.3 Å². The molecule has 0 saturated carbocycles. The summed E-state index contributed by atoms with van der Waals surface area (Å²) in [7, 11) is 0. The molecule has 16 heavy (non-hydrogen) atoms. The molecular formula is C12H19N3O. The molecular weight excluding hydrogens is 202 g/mol. The highest BCUT2D eigenvalue weighted by Crippen LogP contribution is 2.03. The van der Waals surface area contributed by atoms with Crippen molar-refractivity contribution in [1.29, 1.82) is 0 Å². The van der Waals surface area contributed by atoms with Gasteiger partial charge in [-0.15, -0.1) is 0 Å². The zero-order chi connectivity index (χ0) is 12.0. The van der Waals surface area contributed by atoms with E-state index in [-0.39, 0.29) is 5.91 Å². The topological polar surface area (TPSA) is 68.0 Å². The summed E-state index contributed by atoms with van der Waals surface area (Å²) < 4.78 is 0. The molecule has 0 aliphatic rings. The Kier molecular flexibility index (Phi) is 4.92. The second-order valence-corrected chi connectivity index (χ2v) is 4.32. The lowest BCUT2D eigenvalue weighted by Gasteiger charge is -2.13. The van der Waals surface area contributed by atoms with Crippen molar-refractivity contribution < 1.29 is 4.79 Å². The Morgan fingerprint density at radius 1 is 1.56 bits per heavy atom. The van der Waals surface area contributed by atoms with Gasteiger partial charge < -0.3 is 11.1 Å². The lowest BCUT2D eigenvalue weighted by Crippen LogP contribution is -2.41. The third kappa shape index (κ3) is 4.40. The van der Waals surface area contributed by atoms with E-state index < -0.39 is 6.04 Å². The van der Waals surface area contributed by atoms with Gasteiger partial charge in [0, 0.05) is 18.9 Å². The molecule has 3 N–H and O–H groups in total. The van der Waals surface area contributed by atoms with Gasteiger partial charge in [-0.05, 0) is 24.0 Å². The van der Waals surface area contributed by atoms with E-state index in [1.54, 1.807) is 12.4 Å². The number of carbonyl (C=O) groups excluding carboxylic acids is 1. The minimum atomic E-state index is -0.420. The van der Waals surface area contributed by atoms with Crippen molar-refractivity contribution in [2.75, 3.05) is 0 Å². The number of nitrogens with two attached hydrogens (primary N) is 1. The predicted molar refractivity (Wildman–Crippen MR) is 63.5 cm³/mol. The number of amides is 1. The van der Waals surface area contributed by atoms with E-state index in [0.717, 1.165) is 5.56 Å². The van der Waals surface area contributed by atoms with E-state index in [0.29, 0.717) is 18.9 Å². The molecule has 0 radical (unpaired) electrons. The van der Waals surface area contributed by atoms with Crippen molar-refractivity contribution in [2.45, 2.75) is 32.9 Å². The van der Waals surface area contributed by atoms with Gasteiger partial charge in [-0.3, -0.25) is 9.78 Å². The van der Waals surface area contributed by atoms with Crippen LogP contribution in [0.15, 0.2) is 24.5 Å². The Hall–Kier alpha value is -1.42. The largest absolute Gasteiger partial charge is 0.351 e. The highest BCUT2D eigenvalue weighted by atomic mass is 16.2. The van der Waals surface area contributed by atoms with E-state index in [1.165, 1.54) is 0 Å². The molecule has 4 heteroatoms. The second-order valence-electron chi connectivity index (χ2n) is 4.32. The second kappa shape index (κ2) is 6.23. The van der Waals surface area contributed by atoms with E-state index in [2.05, 4.69) is 10.3 Å². The predicted octanol–water partition coefficient (Wildman–Crippen LogP) is 1.07. The number of carbonyl (C=O) groups is 1. The Morgan fingerprint density at radius 3 is 2.88 bits per heavy atom. The Bertz CT molecular complexity index is 324. The maximum atomic E-state index is 11.6. The van der Waals surface area contributed by atoms with Crippen molar-refractivity contribution in [3.63, 3.8) is 0 Å². The van der Waals surface area contributed by atoms with Crippen LogP contribution in [0, 0.1) is 5.92 Å². The molecule has 0 spiro atoms. The highest BCUT2D eigenvalue weighted by Gasteiger charge is 2.14. The van der Waals surface area contributed by atoms with Crippen molar-refractivity contribution >= 4 is 5.91 Å². The molecule has 1 atom stereocenters. The van der Waals surface area contributed by atoms with E-state index >= 15 is 0 Å². The Labute approximate surface area is 96.3 Å². The zero-order valence-corrected chi connectivity index (χ0v) is 9.81. The first kappa shape index (κ1) is 12.6. The van der Waals surface area contributed by atoms with Gasteiger partial charge in [0.2, 0.25) is 5.91 Å². The summed E-state index contributed by atoms with van der Waals surface area (Å²) in [6, 6.07) is 3.34. The molecule has 1 amide bonds. The first-order chi connectivity index (χ1) is 7.59. The van der Waals surface area contributed by atoms with Gasteiger partial charge >= 0.3 is 0 Å². The number of pyridine rings is 1. The number of hydrogen-bond acceptors (Lipinski definition) is 3. The van der Waals surface area contributed by atoms with Gasteiger partial charge in [0.1, 0.15) is 0 Å². The summed E-state index contributed by atoms with van der Waals surface area (Å²) in [5, 5.41) is 2.80. The number of aromatic nitrogens is 1. The normalized spacial score (nSPS) is 12.5. The molecule has 0 aliphatic carbocycles. The van der Waals surface area contributed by atoms with E-state index in [1.807, 2.05) is 26.0 Å². The molecule has 1 unspecified atom stereocenters. The van der Waals surface area contributed by atoms with Crippen LogP contribution in [0.3, 0.4) is 0 Å². The van der Waals surface area contributed by atoms with Gasteiger partial charge in [-0.2, -0.15) is 0 Å². The fourth-order valence-electron chi connectivity index (χ4n) is 1.44. The average Bonchev–Trinajstić information content (AvgIpc) is 2.26. The molecule has 1 aromatic rings. The van der Waals surface area contributed by atoms with Crippen molar-refractivity contribution in [3.8, 4) is 0 Å². The number of nitrogens with one attached hydrogen (secondary N) is 1. The zero-order valence-electron chi connectivity index (χ0n) is 9.81. The summed E-state index contributed by atoms with van der Waals surface area (Å²) in [5.41, 5.74) is 6.73. The van der Waals surface area contributed by atoms with Crippen LogP contribution in [-0.2, 0) is 11.3 Å². The van der Waals surface area contributed by atoms with Crippen LogP contribution < -0.4 is 11.1 Å². The van der Waals surface area contributed by atoms with E-state index in [9.17, 15) is 4.79 Å². The molecule has 0 fully saturated rings. The summed E-state index contributed by atoms with van der Waals surface area (Å²) >= 11 is 0. The quantitative estimate of drug-likeness (QED) is 0.781. The molecule has 1 aromatic heterocycles. The fourth-order valence-corrected chi connectivity index (χ4v) is 1.44. The molecule has 4 nitrogen and oxygen atoms in total. The van der Waals surface area contributed by atoms with Crippen LogP contribution in [0.5, 0.6) is 0 Å². The van der Waals surface area contributed by atoms with Crippen molar-refractivity contribution in [3.05, 3.63) is 30.1 Å². The maximum Gasteiger partial charge on any atom is 0.237 e. The molecule has 0 saturated heterocycles. The molecule has 0 aliphatic heterocycles. The summed E-state index contributed by atoms with van der Waals surface area (Å²) in [6.07, 6.45) is 4.14. The van der Waals surface area contributed by atoms with Gasteiger partial charge in [0.25, 0.3) is 0 Å². The Morgan fingerprint density at radius 2 is 2.31 bits per heavy atom. The van der Waals surface area contributed by atoms with Gasteiger partial charge in [-0.25, -0.2) is 0 Å². The molecule has 1 rings (SSSR count). The fraction of sp³-hybridized carbons (Fsp3) is 0.500. The van der Waals surface area contributed by atoms with Gasteiger partial charge in [-0.1, -0.05) is 19.9 Å². The van der Waals surface area contributed by atoms with Gasteiger partial charge in [0.15, 0.2) is 0 Å². The SMILES string of the molecule is CC(C)CC(N)C(=O)NCc1cccnc1. The van der Waals surface area contributed by atoms with Crippen LogP contribution in [0.1, 0.15) is 25.8 Å². The lowest BCUT2D eigenvalue weighted by atomic mass is 10.0. The van der Waals surface area contributed by atoms with Gasteiger partial charge in [0.05, 0.1) is 6.04 Å². The first-order valence-corrected chi connectivity index (χ1v) is 5.51. The highest BCUT2D eigenvalue weighted by molar-refractivity contribution is 5.81. The molecule has 0 bridgehead atoms. The Balaban J connectivity index is 2.35. The lowest BCUT2D eigenvalue weighted by molar-refractivity contribution is -0.122. The number of rotatable bonds is 5. The maximum absolute atomic E-state index is 11.6. The standard InChI is InChI=1S/C12H19N3O/c1-9(2)6-11(13)12(16)15-8-10-4-3-5-14-7-10/h3-5,7,9,11H,6,8,13H2,1-2H3,(H,15,16).